The van der Waals surface area contributed by atoms with Gasteiger partial charge in [0.2, 0.25) is 0 Å². The summed E-state index contributed by atoms with van der Waals surface area (Å²) in [7, 11) is 1.21. The second kappa shape index (κ2) is 14.9. The van der Waals surface area contributed by atoms with Crippen molar-refractivity contribution in [1.82, 2.24) is 0 Å². The lowest BCUT2D eigenvalue weighted by Gasteiger charge is -2.20. The molecule has 0 aliphatic rings. The van der Waals surface area contributed by atoms with E-state index in [1.165, 1.54) is 55.7 Å². The van der Waals surface area contributed by atoms with E-state index in [1.54, 1.807) is 0 Å². The van der Waals surface area contributed by atoms with Gasteiger partial charge in [0.1, 0.15) is 19.0 Å². The van der Waals surface area contributed by atoms with Crippen LogP contribution in [0.5, 0.6) is 17.2 Å². The Morgan fingerprint density at radius 1 is 0.818 bits per heavy atom. The zero-order valence-corrected chi connectivity index (χ0v) is 23.4. The first kappa shape index (κ1) is 33.5. The fourth-order valence-electron chi connectivity index (χ4n) is 3.64. The quantitative estimate of drug-likeness (QED) is 0.0716. The summed E-state index contributed by atoms with van der Waals surface area (Å²) in [6.45, 7) is -0.710. The van der Waals surface area contributed by atoms with Crippen molar-refractivity contribution in [1.29, 1.82) is 0 Å². The van der Waals surface area contributed by atoms with Crippen molar-refractivity contribution in [2.45, 2.75) is 25.1 Å². The molecule has 4 N–H and O–H groups in total. The van der Waals surface area contributed by atoms with Crippen molar-refractivity contribution < 1.29 is 55.2 Å². The van der Waals surface area contributed by atoms with Crippen LogP contribution in [0, 0.1) is 0 Å². The van der Waals surface area contributed by atoms with Crippen molar-refractivity contribution in [3.8, 4) is 17.2 Å². The van der Waals surface area contributed by atoms with Gasteiger partial charge < -0.3 is 35.2 Å². The highest BCUT2D eigenvalue weighted by molar-refractivity contribution is 5.91. The van der Waals surface area contributed by atoms with Crippen LogP contribution in [0.25, 0.3) is 6.08 Å². The van der Waals surface area contributed by atoms with Gasteiger partial charge in [-0.2, -0.15) is 22.0 Å². The van der Waals surface area contributed by atoms with Gasteiger partial charge in [-0.25, -0.2) is 9.59 Å². The largest absolute Gasteiger partial charge is 0.493 e. The molecule has 9 nitrogen and oxygen atoms in total. The maximum Gasteiger partial charge on any atom is 0.426 e. The summed E-state index contributed by atoms with van der Waals surface area (Å²) < 4.78 is 91.7. The van der Waals surface area contributed by atoms with Crippen molar-refractivity contribution in [3.63, 3.8) is 0 Å². The van der Waals surface area contributed by atoms with Gasteiger partial charge in [-0.15, -0.1) is 0 Å². The predicted octanol–water partition coefficient (Wildman–Crippen LogP) is 6.12. The Hall–Kier alpha value is -5.01. The average Bonchev–Trinajstić information content (AvgIpc) is 2.96. The van der Waals surface area contributed by atoms with Crippen molar-refractivity contribution >= 4 is 29.4 Å². The topological polar surface area (TPSA) is 132 Å². The summed E-state index contributed by atoms with van der Waals surface area (Å²) in [5, 5.41) is 0. The molecule has 0 amide bonds. The molecule has 0 bridgehead atoms. The highest BCUT2D eigenvalue weighted by atomic mass is 19.4. The van der Waals surface area contributed by atoms with E-state index in [2.05, 4.69) is 0 Å². The van der Waals surface area contributed by atoms with E-state index >= 15 is 0 Å². The van der Waals surface area contributed by atoms with Gasteiger partial charge in [0.05, 0.1) is 24.8 Å². The number of carbonyl (C=O) groups is 2. The second-order valence-electron chi connectivity index (χ2n) is 9.15. The second-order valence-corrected chi connectivity index (χ2v) is 9.15. The van der Waals surface area contributed by atoms with E-state index in [4.69, 9.17) is 35.2 Å². The Morgan fingerprint density at radius 3 is 2.11 bits per heavy atom. The number of nitrogen functional groups attached to an aromatic ring is 2. The zero-order valence-electron chi connectivity index (χ0n) is 23.4. The summed E-state index contributed by atoms with van der Waals surface area (Å²) in [6.07, 6.45) is -6.99. The number of ether oxygens (including phenoxy) is 5. The summed E-state index contributed by atoms with van der Waals surface area (Å²) in [5.41, 5.74) is 11.9. The fraction of sp³-hybridized carbons (Fsp3) is 0.267. The molecule has 0 aliphatic carbocycles. The van der Waals surface area contributed by atoms with Gasteiger partial charge in [-0.1, -0.05) is 12.1 Å². The van der Waals surface area contributed by atoms with E-state index in [1.807, 2.05) is 0 Å². The maximum absolute atomic E-state index is 14.9. The Morgan fingerprint density at radius 2 is 1.48 bits per heavy atom. The summed E-state index contributed by atoms with van der Waals surface area (Å²) in [6, 6.07) is 12.8. The summed E-state index contributed by atoms with van der Waals surface area (Å²) in [4.78, 5) is 24.0. The predicted molar refractivity (Wildman–Crippen MR) is 150 cm³/mol. The normalized spacial score (nSPS) is 11.7. The number of halogens is 5. The van der Waals surface area contributed by atoms with Crippen LogP contribution < -0.4 is 25.7 Å². The third-order valence-electron chi connectivity index (χ3n) is 5.67. The molecule has 44 heavy (non-hydrogen) atoms. The third-order valence-corrected chi connectivity index (χ3v) is 5.67. The smallest absolute Gasteiger partial charge is 0.426 e. The molecular weight excluding hydrogens is 595 g/mol. The van der Waals surface area contributed by atoms with Gasteiger partial charge >= 0.3 is 24.2 Å². The molecule has 0 heterocycles. The number of methoxy groups -OCH3 is 1. The Kier molecular flexibility index (Phi) is 11.4. The summed E-state index contributed by atoms with van der Waals surface area (Å²) >= 11 is 0. The first-order valence-electron chi connectivity index (χ1n) is 13.0. The number of esters is 2. The zero-order chi connectivity index (χ0) is 32.3. The van der Waals surface area contributed by atoms with Gasteiger partial charge in [0, 0.05) is 23.9 Å². The van der Waals surface area contributed by atoms with Crippen molar-refractivity contribution in [3.05, 3.63) is 83.4 Å². The number of nitrogens with two attached hydrogens (primary N) is 2. The Bertz CT molecular complexity index is 1440. The standard InChI is InChI=1S/C30H29F5N2O7/c1-40-26-17-21(6-9-25(26)41-12-2-11-29(31,32)33)30(34,35)44-24-7-3-19(4-8-24)5-10-27(38)42-13-14-43-28(39)20-15-22(36)18-23(37)16-20/h3-10,15-18H,2,11-14,36-37H2,1H3/b10-5+. The summed E-state index contributed by atoms with van der Waals surface area (Å²) in [5.74, 6) is -1.71. The fourth-order valence-corrected chi connectivity index (χ4v) is 3.64. The van der Waals surface area contributed by atoms with Crippen LogP contribution >= 0.6 is 0 Å². The van der Waals surface area contributed by atoms with Gasteiger partial charge in [-0.3, -0.25) is 0 Å². The first-order chi connectivity index (χ1) is 20.8. The highest BCUT2D eigenvalue weighted by Crippen LogP contribution is 2.37. The number of rotatable bonds is 14. The molecule has 14 heteroatoms. The molecule has 3 rings (SSSR count). The maximum atomic E-state index is 14.9. The molecule has 3 aromatic carbocycles. The molecule has 0 fully saturated rings. The molecule has 0 atom stereocenters. The van der Waals surface area contributed by atoms with Crippen LogP contribution in [-0.2, 0) is 20.4 Å². The van der Waals surface area contributed by atoms with E-state index in [0.717, 1.165) is 24.3 Å². The molecule has 0 spiro atoms. The molecule has 0 radical (unpaired) electrons. The lowest BCUT2D eigenvalue weighted by atomic mass is 10.1. The number of hydrogen-bond acceptors (Lipinski definition) is 9. The Balaban J connectivity index is 1.48. The van der Waals surface area contributed by atoms with E-state index in [9.17, 15) is 31.5 Å². The molecule has 3 aromatic rings. The Labute approximate surface area is 249 Å². The van der Waals surface area contributed by atoms with Crippen molar-refractivity contribution in [2.24, 2.45) is 0 Å². The van der Waals surface area contributed by atoms with Gasteiger partial charge in [0.25, 0.3) is 0 Å². The third kappa shape index (κ3) is 10.7. The molecule has 0 saturated carbocycles. The number of alkyl halides is 5. The van der Waals surface area contributed by atoms with Crippen LogP contribution in [0.2, 0.25) is 0 Å². The van der Waals surface area contributed by atoms with Crippen LogP contribution in [0.3, 0.4) is 0 Å². The van der Waals surface area contributed by atoms with E-state index in [0.29, 0.717) is 16.9 Å². The average molecular weight is 625 g/mol. The molecule has 236 valence electrons. The minimum Gasteiger partial charge on any atom is -0.493 e. The van der Waals surface area contributed by atoms with E-state index < -0.39 is 36.2 Å². The van der Waals surface area contributed by atoms with Gasteiger partial charge in [-0.05, 0) is 66.6 Å². The molecule has 0 aliphatic heterocycles. The van der Waals surface area contributed by atoms with Crippen molar-refractivity contribution in [2.75, 3.05) is 38.4 Å². The highest BCUT2D eigenvalue weighted by Gasteiger charge is 2.35. The van der Waals surface area contributed by atoms with Crippen LogP contribution in [0.15, 0.2) is 66.7 Å². The van der Waals surface area contributed by atoms with Crippen LogP contribution in [-0.4, -0.2) is 45.0 Å². The number of hydrogen-bond donors (Lipinski definition) is 2. The molecule has 0 aromatic heterocycles. The molecular formula is C30H29F5N2O7. The van der Waals surface area contributed by atoms with E-state index in [-0.39, 0.29) is 49.1 Å². The molecule has 0 unspecified atom stereocenters. The number of carbonyl (C=O) groups excluding carboxylic acids is 2. The monoisotopic (exact) mass is 624 g/mol. The minimum atomic E-state index is -4.33. The van der Waals surface area contributed by atoms with Crippen LogP contribution in [0.1, 0.15) is 34.3 Å². The SMILES string of the molecule is COc1cc(C(F)(F)Oc2ccc(/C=C/C(=O)OCCOC(=O)c3cc(N)cc(N)c3)cc2)ccc1OCCCC(F)(F)F. The first-order valence-corrected chi connectivity index (χ1v) is 13.0. The number of anilines is 2. The van der Waals surface area contributed by atoms with Gasteiger partial charge in [0.15, 0.2) is 11.5 Å². The number of benzene rings is 3. The van der Waals surface area contributed by atoms with Crippen LogP contribution in [0.4, 0.5) is 33.3 Å². The lowest BCUT2D eigenvalue weighted by Crippen LogP contribution is -2.22. The lowest BCUT2D eigenvalue weighted by molar-refractivity contribution is -0.185. The molecule has 0 saturated heterocycles. The minimum absolute atomic E-state index is 0.00769.